The first-order chi connectivity index (χ1) is 10.6. The third-order valence-corrected chi connectivity index (χ3v) is 3.51. The van der Waals surface area contributed by atoms with Gasteiger partial charge < -0.3 is 10.3 Å². The predicted molar refractivity (Wildman–Crippen MR) is 97.4 cm³/mol. The SMILES string of the molecule is CC.CCNCC(=O)C(C)CC.Cc1c[nH]c2ccccc12. The molecule has 0 aliphatic heterocycles. The number of nitrogens with one attached hydrogen (secondary N) is 2. The van der Waals surface area contributed by atoms with Crippen LogP contribution in [-0.4, -0.2) is 23.9 Å². The van der Waals surface area contributed by atoms with E-state index in [0.717, 1.165) is 13.0 Å². The maximum Gasteiger partial charge on any atom is 0.149 e. The Hall–Kier alpha value is -1.61. The molecule has 1 unspecified atom stereocenters. The smallest absolute Gasteiger partial charge is 0.149 e. The number of carbonyl (C=O) groups excluding carboxylic acids is 1. The quantitative estimate of drug-likeness (QED) is 0.840. The molecule has 124 valence electrons. The first-order valence-corrected chi connectivity index (χ1v) is 8.36. The van der Waals surface area contributed by atoms with Gasteiger partial charge in [-0.05, 0) is 31.5 Å². The highest BCUT2D eigenvalue weighted by molar-refractivity contribution is 5.83. The van der Waals surface area contributed by atoms with Crippen molar-refractivity contribution in [3.63, 3.8) is 0 Å². The molecule has 0 aliphatic rings. The summed E-state index contributed by atoms with van der Waals surface area (Å²) >= 11 is 0. The number of aromatic nitrogens is 1. The number of hydrogen-bond donors (Lipinski definition) is 2. The topological polar surface area (TPSA) is 44.9 Å². The van der Waals surface area contributed by atoms with Crippen LogP contribution < -0.4 is 5.32 Å². The molecule has 0 amide bonds. The highest BCUT2D eigenvalue weighted by Gasteiger charge is 2.08. The fraction of sp³-hybridized carbons (Fsp3) is 0.526. The van der Waals surface area contributed by atoms with Crippen molar-refractivity contribution in [2.75, 3.05) is 13.1 Å². The number of aryl methyl sites for hydroxylation is 1. The van der Waals surface area contributed by atoms with E-state index in [2.05, 4.69) is 35.4 Å². The Labute approximate surface area is 135 Å². The fourth-order valence-electron chi connectivity index (χ4n) is 1.87. The maximum absolute atomic E-state index is 11.1. The van der Waals surface area contributed by atoms with Crippen molar-refractivity contribution in [1.29, 1.82) is 0 Å². The Morgan fingerprint density at radius 3 is 2.41 bits per heavy atom. The van der Waals surface area contributed by atoms with Gasteiger partial charge in [-0.2, -0.15) is 0 Å². The zero-order valence-corrected chi connectivity index (χ0v) is 15.0. The van der Waals surface area contributed by atoms with Crippen LogP contribution in [0.25, 0.3) is 10.9 Å². The van der Waals surface area contributed by atoms with Crippen molar-refractivity contribution >= 4 is 16.7 Å². The van der Waals surface area contributed by atoms with Crippen molar-refractivity contribution < 1.29 is 4.79 Å². The van der Waals surface area contributed by atoms with Crippen LogP contribution in [0.15, 0.2) is 30.5 Å². The molecule has 2 aromatic rings. The summed E-state index contributed by atoms with van der Waals surface area (Å²) in [5.74, 6) is 0.545. The van der Waals surface area contributed by atoms with Crippen molar-refractivity contribution in [1.82, 2.24) is 10.3 Å². The Kier molecular flexibility index (Phi) is 11.1. The molecule has 0 spiro atoms. The summed E-state index contributed by atoms with van der Waals surface area (Å²) in [4.78, 5) is 14.3. The van der Waals surface area contributed by atoms with E-state index in [-0.39, 0.29) is 5.92 Å². The molecule has 0 fully saturated rings. The number of aromatic amines is 1. The molecule has 1 aromatic carbocycles. The van der Waals surface area contributed by atoms with Crippen LogP contribution >= 0.6 is 0 Å². The number of carbonyl (C=O) groups is 1. The van der Waals surface area contributed by atoms with Gasteiger partial charge >= 0.3 is 0 Å². The third-order valence-electron chi connectivity index (χ3n) is 3.51. The van der Waals surface area contributed by atoms with E-state index >= 15 is 0 Å². The highest BCUT2D eigenvalue weighted by atomic mass is 16.1. The third kappa shape index (κ3) is 6.90. The molecule has 3 nitrogen and oxygen atoms in total. The van der Waals surface area contributed by atoms with Crippen LogP contribution in [0.5, 0.6) is 0 Å². The van der Waals surface area contributed by atoms with Gasteiger partial charge in [0.2, 0.25) is 0 Å². The molecule has 1 aromatic heterocycles. The molecular formula is C19H32N2O. The van der Waals surface area contributed by atoms with E-state index in [4.69, 9.17) is 0 Å². The van der Waals surface area contributed by atoms with Crippen molar-refractivity contribution in [2.24, 2.45) is 5.92 Å². The number of rotatable bonds is 5. The van der Waals surface area contributed by atoms with Gasteiger partial charge in [0.1, 0.15) is 5.78 Å². The summed E-state index contributed by atoms with van der Waals surface area (Å²) in [6.07, 6.45) is 2.98. The molecule has 2 N–H and O–H groups in total. The second-order valence-corrected chi connectivity index (χ2v) is 5.07. The van der Waals surface area contributed by atoms with Gasteiger partial charge in [0.25, 0.3) is 0 Å². The molecule has 0 saturated carbocycles. The minimum absolute atomic E-state index is 0.221. The van der Waals surface area contributed by atoms with Crippen molar-refractivity contribution in [3.8, 4) is 0 Å². The molecule has 0 saturated heterocycles. The Bertz CT molecular complexity index is 531. The van der Waals surface area contributed by atoms with Crippen LogP contribution in [0.2, 0.25) is 0 Å². The first kappa shape index (κ1) is 20.4. The molecule has 0 radical (unpaired) electrons. The Morgan fingerprint density at radius 1 is 1.23 bits per heavy atom. The second kappa shape index (κ2) is 12.0. The standard InChI is InChI=1S/C9H9N.C8H17NO.C2H6/c1-7-6-10-9-5-3-2-4-8(7)9;1-4-7(3)8(10)6-9-5-2;1-2/h2-6,10H,1H3;7,9H,4-6H2,1-3H3;1-2H3. The zero-order chi connectivity index (χ0) is 17.0. The Balaban J connectivity index is 0.000000360. The Morgan fingerprint density at radius 2 is 1.86 bits per heavy atom. The predicted octanol–water partition coefficient (Wildman–Crippen LogP) is 4.71. The highest BCUT2D eigenvalue weighted by Crippen LogP contribution is 2.15. The lowest BCUT2D eigenvalue weighted by Gasteiger charge is -2.06. The van der Waals surface area contributed by atoms with Crippen molar-refractivity contribution in [3.05, 3.63) is 36.0 Å². The van der Waals surface area contributed by atoms with Gasteiger partial charge in [-0.1, -0.05) is 52.8 Å². The van der Waals surface area contributed by atoms with Gasteiger partial charge in [-0.3, -0.25) is 4.79 Å². The van der Waals surface area contributed by atoms with Gasteiger partial charge in [0.15, 0.2) is 0 Å². The number of H-pyrrole nitrogens is 1. The van der Waals surface area contributed by atoms with E-state index < -0.39 is 0 Å². The summed E-state index contributed by atoms with van der Waals surface area (Å²) < 4.78 is 0. The van der Waals surface area contributed by atoms with Crippen LogP contribution in [0.1, 0.15) is 46.6 Å². The lowest BCUT2D eigenvalue weighted by atomic mass is 10.0. The van der Waals surface area contributed by atoms with Gasteiger partial charge in [-0.25, -0.2) is 0 Å². The normalized spacial score (nSPS) is 11.0. The van der Waals surface area contributed by atoms with Gasteiger partial charge in [0.05, 0.1) is 6.54 Å². The largest absolute Gasteiger partial charge is 0.361 e. The average molecular weight is 304 g/mol. The van der Waals surface area contributed by atoms with E-state index in [1.54, 1.807) is 0 Å². The number of hydrogen-bond acceptors (Lipinski definition) is 2. The minimum Gasteiger partial charge on any atom is -0.361 e. The van der Waals surface area contributed by atoms with Crippen molar-refractivity contribution in [2.45, 2.75) is 48.0 Å². The zero-order valence-electron chi connectivity index (χ0n) is 15.0. The first-order valence-electron chi connectivity index (χ1n) is 8.36. The lowest BCUT2D eigenvalue weighted by Crippen LogP contribution is -2.26. The van der Waals surface area contributed by atoms with Crippen LogP contribution in [0.4, 0.5) is 0 Å². The summed E-state index contributed by atoms with van der Waals surface area (Å²) in [6.45, 7) is 13.5. The van der Waals surface area contributed by atoms with Crippen LogP contribution in [0.3, 0.4) is 0 Å². The maximum atomic E-state index is 11.1. The van der Waals surface area contributed by atoms with E-state index in [1.165, 1.54) is 16.5 Å². The monoisotopic (exact) mass is 304 g/mol. The van der Waals surface area contributed by atoms with Crippen LogP contribution in [0, 0.1) is 12.8 Å². The summed E-state index contributed by atoms with van der Waals surface area (Å²) in [5.41, 5.74) is 2.54. The number of ketones is 1. The summed E-state index contributed by atoms with van der Waals surface area (Å²) in [5, 5.41) is 4.34. The number of para-hydroxylation sites is 1. The molecule has 3 heteroatoms. The molecule has 0 aliphatic carbocycles. The molecular weight excluding hydrogens is 272 g/mol. The van der Waals surface area contributed by atoms with Gasteiger partial charge in [0, 0.05) is 23.0 Å². The number of benzene rings is 1. The number of Topliss-reactive ketones (excluding diaryl/α,β-unsaturated/α-hetero) is 1. The molecule has 1 heterocycles. The summed E-state index contributed by atoms with van der Waals surface area (Å²) in [7, 11) is 0. The molecule has 0 bridgehead atoms. The number of likely N-dealkylation sites (N-methyl/N-ethyl adjacent to an activating group) is 1. The number of fused-ring (bicyclic) bond motifs is 1. The lowest BCUT2D eigenvalue weighted by molar-refractivity contribution is -0.121. The van der Waals surface area contributed by atoms with E-state index in [1.807, 2.05) is 46.9 Å². The molecule has 2 rings (SSSR count). The second-order valence-electron chi connectivity index (χ2n) is 5.07. The average Bonchev–Trinajstić information content (AvgIpc) is 2.96. The van der Waals surface area contributed by atoms with Crippen LogP contribution in [-0.2, 0) is 4.79 Å². The van der Waals surface area contributed by atoms with Gasteiger partial charge in [-0.15, -0.1) is 0 Å². The van der Waals surface area contributed by atoms with E-state index in [9.17, 15) is 4.79 Å². The molecule has 1 atom stereocenters. The minimum atomic E-state index is 0.221. The fourth-order valence-corrected chi connectivity index (χ4v) is 1.87. The molecule has 22 heavy (non-hydrogen) atoms. The summed E-state index contributed by atoms with van der Waals surface area (Å²) in [6, 6.07) is 8.31. The van der Waals surface area contributed by atoms with E-state index in [0.29, 0.717) is 12.3 Å².